The lowest BCUT2D eigenvalue weighted by Crippen LogP contribution is -2.28. The van der Waals surface area contributed by atoms with E-state index in [4.69, 9.17) is 0 Å². The molecule has 0 aliphatic heterocycles. The molecule has 0 bridgehead atoms. The molecule has 0 unspecified atom stereocenters. The van der Waals surface area contributed by atoms with Crippen LogP contribution >= 0.6 is 0 Å². The summed E-state index contributed by atoms with van der Waals surface area (Å²) in [7, 11) is 0. The normalized spacial score (nSPS) is 16.5. The summed E-state index contributed by atoms with van der Waals surface area (Å²) in [6.07, 6.45) is 15.2. The SMILES string of the molecule is Cc1ccc(C2(c3ccc(C)cc3)CCCCCCCCCCC2)cc1.Cc1ccc(C2(c3ccc(C)cc3)c3ccccc3-c3ccccc32)cc1. The van der Waals surface area contributed by atoms with Crippen LogP contribution in [0.5, 0.6) is 0 Å². The average Bonchev–Trinajstić information content (AvgIpc) is 3.48. The number of hydrogen-bond donors (Lipinski definition) is 0. The number of fused-ring (bicyclic) bond motifs is 3. The van der Waals surface area contributed by atoms with Gasteiger partial charge in [-0.15, -0.1) is 0 Å². The minimum absolute atomic E-state index is 0.195. The maximum absolute atomic E-state index is 2.40. The maximum Gasteiger partial charge on any atom is 0.0713 e. The van der Waals surface area contributed by atoms with E-state index in [-0.39, 0.29) is 10.8 Å². The highest BCUT2D eigenvalue weighted by molar-refractivity contribution is 5.86. The quantitative estimate of drug-likeness (QED) is 0.172. The molecule has 0 aromatic heterocycles. The second-order valence-electron chi connectivity index (χ2n) is 16.1. The lowest BCUT2D eigenvalue weighted by Gasteiger charge is -2.36. The van der Waals surface area contributed by atoms with Gasteiger partial charge >= 0.3 is 0 Å². The van der Waals surface area contributed by atoms with E-state index in [9.17, 15) is 0 Å². The van der Waals surface area contributed by atoms with Crippen LogP contribution in [0.15, 0.2) is 146 Å². The zero-order valence-corrected chi connectivity index (χ0v) is 32.6. The van der Waals surface area contributed by atoms with Crippen molar-refractivity contribution in [3.63, 3.8) is 0 Å². The Morgan fingerprint density at radius 3 is 0.925 bits per heavy atom. The largest absolute Gasteiger partial charge is 0.0713 e. The molecule has 270 valence electrons. The summed E-state index contributed by atoms with van der Waals surface area (Å²) < 4.78 is 0. The molecule has 6 aromatic carbocycles. The van der Waals surface area contributed by atoms with Gasteiger partial charge < -0.3 is 0 Å². The Morgan fingerprint density at radius 1 is 0.302 bits per heavy atom. The van der Waals surface area contributed by atoms with Gasteiger partial charge in [0.25, 0.3) is 0 Å². The third-order valence-corrected chi connectivity index (χ3v) is 12.3. The van der Waals surface area contributed by atoms with E-state index in [0.29, 0.717) is 0 Å². The fourth-order valence-electron chi connectivity index (χ4n) is 9.34. The molecule has 6 aromatic rings. The van der Waals surface area contributed by atoms with Gasteiger partial charge in [0.05, 0.1) is 5.41 Å². The van der Waals surface area contributed by atoms with Gasteiger partial charge in [0.2, 0.25) is 0 Å². The molecule has 0 heterocycles. The molecule has 0 N–H and O–H groups in total. The van der Waals surface area contributed by atoms with Crippen molar-refractivity contribution in [2.45, 2.75) is 109 Å². The Labute approximate surface area is 320 Å². The van der Waals surface area contributed by atoms with Crippen molar-refractivity contribution in [1.29, 1.82) is 0 Å². The number of hydrogen-bond acceptors (Lipinski definition) is 0. The smallest absolute Gasteiger partial charge is 0.0619 e. The van der Waals surface area contributed by atoms with Crippen LogP contribution in [0, 0.1) is 27.7 Å². The summed E-state index contributed by atoms with van der Waals surface area (Å²) in [5.74, 6) is 0. The van der Waals surface area contributed by atoms with E-state index in [1.807, 2.05) is 0 Å². The highest BCUT2D eigenvalue weighted by atomic mass is 14.5. The van der Waals surface area contributed by atoms with Crippen molar-refractivity contribution in [2.24, 2.45) is 0 Å². The molecule has 0 saturated heterocycles. The molecule has 1 fully saturated rings. The topological polar surface area (TPSA) is 0 Å². The van der Waals surface area contributed by atoms with Gasteiger partial charge in [-0.1, -0.05) is 226 Å². The van der Waals surface area contributed by atoms with E-state index >= 15 is 0 Å². The maximum atomic E-state index is 2.40. The van der Waals surface area contributed by atoms with Crippen molar-refractivity contribution in [1.82, 2.24) is 0 Å². The van der Waals surface area contributed by atoms with Crippen LogP contribution in [0.4, 0.5) is 0 Å². The highest BCUT2D eigenvalue weighted by Crippen LogP contribution is 2.56. The minimum Gasteiger partial charge on any atom is -0.0619 e. The molecule has 8 rings (SSSR count). The first-order valence-corrected chi connectivity index (χ1v) is 20.4. The molecule has 2 aliphatic carbocycles. The Kier molecular flexibility index (Phi) is 11.5. The van der Waals surface area contributed by atoms with E-state index in [1.165, 1.54) is 137 Å². The van der Waals surface area contributed by atoms with Crippen molar-refractivity contribution >= 4 is 0 Å². The minimum atomic E-state index is -0.269. The Hall–Kier alpha value is -4.68. The number of aryl methyl sites for hydroxylation is 4. The molecule has 0 spiro atoms. The van der Waals surface area contributed by atoms with Crippen LogP contribution in [0.2, 0.25) is 0 Å². The van der Waals surface area contributed by atoms with Crippen LogP contribution in [0.25, 0.3) is 11.1 Å². The molecule has 1 saturated carbocycles. The predicted molar refractivity (Wildman–Crippen MR) is 227 cm³/mol. The molecule has 53 heavy (non-hydrogen) atoms. The van der Waals surface area contributed by atoms with Crippen molar-refractivity contribution < 1.29 is 0 Å². The third-order valence-electron chi connectivity index (χ3n) is 12.3. The number of benzene rings is 6. The summed E-state index contributed by atoms with van der Waals surface area (Å²) in [5, 5.41) is 0. The summed E-state index contributed by atoms with van der Waals surface area (Å²) in [6.45, 7) is 8.70. The van der Waals surface area contributed by atoms with E-state index < -0.39 is 0 Å². The van der Waals surface area contributed by atoms with Crippen molar-refractivity contribution in [3.05, 3.63) is 201 Å². The van der Waals surface area contributed by atoms with Crippen LogP contribution in [-0.2, 0) is 10.8 Å². The molecule has 0 heteroatoms. The average molecular weight is 695 g/mol. The van der Waals surface area contributed by atoms with Crippen LogP contribution < -0.4 is 0 Å². The van der Waals surface area contributed by atoms with Crippen molar-refractivity contribution in [3.8, 4) is 11.1 Å². The molecule has 0 radical (unpaired) electrons. The summed E-state index contributed by atoms with van der Waals surface area (Å²) in [5.41, 5.74) is 16.4. The molecule has 0 amide bonds. The number of rotatable bonds is 4. The van der Waals surface area contributed by atoms with Gasteiger partial charge in [-0.3, -0.25) is 0 Å². The molecule has 0 nitrogen and oxygen atoms in total. The summed E-state index contributed by atoms with van der Waals surface area (Å²) in [4.78, 5) is 0. The van der Waals surface area contributed by atoms with Gasteiger partial charge in [-0.2, -0.15) is 0 Å². The molecule has 0 atom stereocenters. The Bertz CT molecular complexity index is 1910. The van der Waals surface area contributed by atoms with Crippen LogP contribution in [0.3, 0.4) is 0 Å². The van der Waals surface area contributed by atoms with Crippen LogP contribution in [0.1, 0.15) is 126 Å². The van der Waals surface area contributed by atoms with Crippen LogP contribution in [-0.4, -0.2) is 0 Å². The summed E-state index contributed by atoms with van der Waals surface area (Å²) in [6, 6.07) is 54.7. The monoisotopic (exact) mass is 694 g/mol. The lowest BCUT2D eigenvalue weighted by molar-refractivity contribution is 0.383. The second kappa shape index (κ2) is 16.6. The predicted octanol–water partition coefficient (Wildman–Crippen LogP) is 14.6. The fraction of sp³-hybridized carbons (Fsp3) is 0.321. The standard InChI is InChI=1S/C27H22.C26H36/c1-19-11-15-21(16-12-19)27(22-17-13-20(2)14-18-22)25-9-5-3-7-23(25)24-8-4-6-10-26(24)27;1-22-12-16-24(17-13-22)26(25-18-14-23(2)15-19-25)20-10-8-6-4-3-5-7-9-11-21-26/h3-18H,1-2H3;12-19H,3-11,20-21H2,1-2H3. The van der Waals surface area contributed by atoms with Gasteiger partial charge in [0, 0.05) is 5.41 Å². The van der Waals surface area contributed by atoms with Gasteiger partial charge in [-0.25, -0.2) is 0 Å². The molecular weight excluding hydrogens is 637 g/mol. The first kappa shape index (κ1) is 36.7. The first-order valence-electron chi connectivity index (χ1n) is 20.4. The zero-order chi connectivity index (χ0) is 36.7. The van der Waals surface area contributed by atoms with Gasteiger partial charge in [0.15, 0.2) is 0 Å². The lowest BCUT2D eigenvalue weighted by atomic mass is 9.67. The van der Waals surface area contributed by atoms with E-state index in [0.717, 1.165) is 0 Å². The van der Waals surface area contributed by atoms with E-state index in [2.05, 4.69) is 173 Å². The zero-order valence-electron chi connectivity index (χ0n) is 32.6. The fourth-order valence-corrected chi connectivity index (χ4v) is 9.34. The first-order chi connectivity index (χ1) is 25.9. The molecule has 2 aliphatic rings. The third kappa shape index (κ3) is 7.57. The highest BCUT2D eigenvalue weighted by Gasteiger charge is 2.45. The van der Waals surface area contributed by atoms with Gasteiger partial charge in [-0.05, 0) is 85.0 Å². The summed E-state index contributed by atoms with van der Waals surface area (Å²) >= 11 is 0. The second-order valence-corrected chi connectivity index (χ2v) is 16.1. The Balaban J connectivity index is 0.000000164. The molecular formula is C53H58. The van der Waals surface area contributed by atoms with Crippen molar-refractivity contribution in [2.75, 3.05) is 0 Å². The Morgan fingerprint density at radius 2 is 0.585 bits per heavy atom. The van der Waals surface area contributed by atoms with E-state index in [1.54, 1.807) is 0 Å². The van der Waals surface area contributed by atoms with Gasteiger partial charge in [0.1, 0.15) is 0 Å².